The molecule has 110 valence electrons. The van der Waals surface area contributed by atoms with Gasteiger partial charge in [-0.25, -0.2) is 5.84 Å². The highest BCUT2D eigenvalue weighted by Crippen LogP contribution is 2.07. The Morgan fingerprint density at radius 3 is 2.30 bits per heavy atom. The molecule has 0 spiro atoms. The van der Waals surface area contributed by atoms with Gasteiger partial charge in [0.25, 0.3) is 0 Å². The predicted octanol–water partition coefficient (Wildman–Crippen LogP) is -0.213. The first-order valence-corrected chi connectivity index (χ1v) is 6.57. The van der Waals surface area contributed by atoms with E-state index >= 15 is 0 Å². The fourth-order valence-electron chi connectivity index (χ4n) is 1.86. The number of carbonyl (C=O) groups is 2. The second-order valence-electron chi connectivity index (χ2n) is 4.69. The van der Waals surface area contributed by atoms with Gasteiger partial charge >= 0.3 is 0 Å². The Balaban J connectivity index is 2.48. The van der Waals surface area contributed by atoms with Crippen LogP contribution in [0.5, 0.6) is 0 Å². The molecular formula is C14H22N4O2. The maximum Gasteiger partial charge on any atom is 0.238 e. The molecule has 0 aliphatic carbocycles. The summed E-state index contributed by atoms with van der Waals surface area (Å²) in [5.74, 6) is 4.85. The number of nitrogens with zero attached hydrogens (tertiary/aromatic N) is 1. The number of hydrogen-bond donors (Lipinski definition) is 3. The lowest BCUT2D eigenvalue weighted by Gasteiger charge is -2.16. The van der Waals surface area contributed by atoms with Crippen LogP contribution in [0.15, 0.2) is 24.3 Å². The lowest BCUT2D eigenvalue weighted by atomic mass is 10.1. The van der Waals surface area contributed by atoms with Crippen molar-refractivity contribution in [3.63, 3.8) is 0 Å². The Labute approximate surface area is 119 Å². The minimum Gasteiger partial charge on any atom is -0.355 e. The topological polar surface area (TPSA) is 87.5 Å². The molecule has 4 N–H and O–H groups in total. The molecule has 0 aromatic heterocycles. The Hall–Kier alpha value is -1.92. The number of rotatable bonds is 7. The maximum absolute atomic E-state index is 11.4. The molecule has 0 fully saturated rings. The van der Waals surface area contributed by atoms with Gasteiger partial charge in [-0.1, -0.05) is 24.3 Å². The molecule has 2 amide bonds. The molecule has 0 atom stereocenters. The first kappa shape index (κ1) is 16.1. The molecule has 1 aromatic carbocycles. The monoisotopic (exact) mass is 278 g/mol. The van der Waals surface area contributed by atoms with E-state index in [4.69, 9.17) is 5.84 Å². The van der Waals surface area contributed by atoms with E-state index in [9.17, 15) is 9.59 Å². The van der Waals surface area contributed by atoms with Gasteiger partial charge < -0.3 is 5.32 Å². The number of hydrazine groups is 1. The normalized spacial score (nSPS) is 10.4. The molecule has 6 nitrogen and oxygen atoms in total. The molecule has 1 rings (SSSR count). The largest absolute Gasteiger partial charge is 0.355 e. The predicted molar refractivity (Wildman–Crippen MR) is 77.5 cm³/mol. The van der Waals surface area contributed by atoms with E-state index in [0.717, 1.165) is 11.1 Å². The molecular weight excluding hydrogens is 256 g/mol. The minimum absolute atomic E-state index is 0.0197. The average molecular weight is 278 g/mol. The van der Waals surface area contributed by atoms with Crippen molar-refractivity contribution in [2.24, 2.45) is 5.84 Å². The number of nitrogens with one attached hydrogen (secondary N) is 2. The standard InChI is InChI=1S/C14H22N4O2/c1-3-16-14(20)10-18(2)9-12-6-4-11(5-7-12)8-13(19)17-15/h4-7H,3,8-10,15H2,1-2H3,(H,16,20)(H,17,19). The summed E-state index contributed by atoms with van der Waals surface area (Å²) in [5, 5.41) is 2.76. The molecule has 0 unspecified atom stereocenters. The van der Waals surface area contributed by atoms with Crippen molar-refractivity contribution >= 4 is 11.8 Å². The zero-order chi connectivity index (χ0) is 15.0. The molecule has 0 saturated heterocycles. The summed E-state index contributed by atoms with van der Waals surface area (Å²) >= 11 is 0. The summed E-state index contributed by atoms with van der Waals surface area (Å²) in [6.07, 6.45) is 0.269. The average Bonchev–Trinajstić information content (AvgIpc) is 2.41. The Morgan fingerprint density at radius 1 is 1.15 bits per heavy atom. The third-order valence-electron chi connectivity index (χ3n) is 2.79. The van der Waals surface area contributed by atoms with Crippen molar-refractivity contribution in [3.05, 3.63) is 35.4 Å². The first-order chi connectivity index (χ1) is 9.55. The van der Waals surface area contributed by atoms with Crippen LogP contribution in [0.3, 0.4) is 0 Å². The van der Waals surface area contributed by atoms with Crippen molar-refractivity contribution in [3.8, 4) is 0 Å². The van der Waals surface area contributed by atoms with Crippen molar-refractivity contribution in [2.75, 3.05) is 20.1 Å². The molecule has 0 radical (unpaired) electrons. The van der Waals surface area contributed by atoms with Crippen LogP contribution < -0.4 is 16.6 Å². The van der Waals surface area contributed by atoms with Gasteiger partial charge in [-0.15, -0.1) is 0 Å². The van der Waals surface area contributed by atoms with Gasteiger partial charge in [-0.3, -0.25) is 19.9 Å². The summed E-state index contributed by atoms with van der Waals surface area (Å²) < 4.78 is 0. The smallest absolute Gasteiger partial charge is 0.238 e. The van der Waals surface area contributed by atoms with Gasteiger partial charge in [0, 0.05) is 13.1 Å². The lowest BCUT2D eigenvalue weighted by molar-refractivity contribution is -0.122. The van der Waals surface area contributed by atoms with Crippen molar-refractivity contribution in [1.82, 2.24) is 15.6 Å². The molecule has 0 bridgehead atoms. The van der Waals surface area contributed by atoms with E-state index in [1.807, 2.05) is 43.1 Å². The molecule has 0 aliphatic heterocycles. The molecule has 6 heteroatoms. The van der Waals surface area contributed by atoms with E-state index in [1.165, 1.54) is 0 Å². The zero-order valence-corrected chi connectivity index (χ0v) is 12.0. The molecule has 1 aromatic rings. The highest BCUT2D eigenvalue weighted by Gasteiger charge is 2.06. The fraction of sp³-hybridized carbons (Fsp3) is 0.429. The van der Waals surface area contributed by atoms with Crippen LogP contribution in [0.4, 0.5) is 0 Å². The second-order valence-corrected chi connectivity index (χ2v) is 4.69. The number of nitrogens with two attached hydrogens (primary N) is 1. The molecule has 0 aliphatic rings. The molecule has 20 heavy (non-hydrogen) atoms. The Morgan fingerprint density at radius 2 is 1.75 bits per heavy atom. The van der Waals surface area contributed by atoms with Crippen LogP contribution in [0, 0.1) is 0 Å². The number of benzene rings is 1. The van der Waals surface area contributed by atoms with E-state index in [1.54, 1.807) is 0 Å². The summed E-state index contributed by atoms with van der Waals surface area (Å²) in [5.41, 5.74) is 4.10. The van der Waals surface area contributed by atoms with E-state index in [-0.39, 0.29) is 18.2 Å². The van der Waals surface area contributed by atoms with Crippen molar-refractivity contribution in [1.29, 1.82) is 0 Å². The number of amides is 2. The van der Waals surface area contributed by atoms with Crippen LogP contribution in [0.1, 0.15) is 18.1 Å². The van der Waals surface area contributed by atoms with Crippen LogP contribution in [0.2, 0.25) is 0 Å². The fourth-order valence-corrected chi connectivity index (χ4v) is 1.86. The van der Waals surface area contributed by atoms with Crippen molar-refractivity contribution < 1.29 is 9.59 Å². The first-order valence-electron chi connectivity index (χ1n) is 6.57. The Kier molecular flexibility index (Phi) is 6.69. The second kappa shape index (κ2) is 8.29. The highest BCUT2D eigenvalue weighted by atomic mass is 16.2. The van der Waals surface area contributed by atoms with E-state index < -0.39 is 0 Å². The third kappa shape index (κ3) is 5.81. The van der Waals surface area contributed by atoms with E-state index in [0.29, 0.717) is 19.6 Å². The SMILES string of the molecule is CCNC(=O)CN(C)Cc1ccc(CC(=O)NN)cc1. The van der Waals surface area contributed by atoms with Crippen molar-refractivity contribution in [2.45, 2.75) is 19.9 Å². The number of likely N-dealkylation sites (N-methyl/N-ethyl adjacent to an activating group) is 2. The zero-order valence-electron chi connectivity index (χ0n) is 12.0. The molecule has 0 saturated carbocycles. The van der Waals surface area contributed by atoms with Crippen LogP contribution in [-0.4, -0.2) is 36.9 Å². The highest BCUT2D eigenvalue weighted by molar-refractivity contribution is 5.78. The molecule has 0 heterocycles. The van der Waals surface area contributed by atoms with Gasteiger partial charge in [-0.2, -0.15) is 0 Å². The summed E-state index contributed by atoms with van der Waals surface area (Å²) in [4.78, 5) is 24.5. The summed E-state index contributed by atoms with van der Waals surface area (Å²) in [7, 11) is 1.89. The maximum atomic E-state index is 11.4. The van der Waals surface area contributed by atoms with Gasteiger partial charge in [-0.05, 0) is 25.1 Å². The summed E-state index contributed by atoms with van der Waals surface area (Å²) in [6.45, 7) is 3.59. The lowest BCUT2D eigenvalue weighted by Crippen LogP contribution is -2.34. The van der Waals surface area contributed by atoms with Crippen LogP contribution >= 0.6 is 0 Å². The number of hydrogen-bond acceptors (Lipinski definition) is 4. The van der Waals surface area contributed by atoms with E-state index in [2.05, 4.69) is 10.7 Å². The van der Waals surface area contributed by atoms with Gasteiger partial charge in [0.05, 0.1) is 13.0 Å². The van der Waals surface area contributed by atoms with Gasteiger partial charge in [0.15, 0.2) is 0 Å². The summed E-state index contributed by atoms with van der Waals surface area (Å²) in [6, 6.07) is 7.69. The van der Waals surface area contributed by atoms with Crippen LogP contribution in [-0.2, 0) is 22.6 Å². The number of carbonyl (C=O) groups excluding carboxylic acids is 2. The quantitative estimate of drug-likeness (QED) is 0.366. The van der Waals surface area contributed by atoms with Gasteiger partial charge in [0.1, 0.15) is 0 Å². The Bertz CT molecular complexity index is 445. The van der Waals surface area contributed by atoms with Gasteiger partial charge in [0.2, 0.25) is 11.8 Å². The third-order valence-corrected chi connectivity index (χ3v) is 2.79. The minimum atomic E-state index is -0.217. The van der Waals surface area contributed by atoms with Crippen LogP contribution in [0.25, 0.3) is 0 Å².